The standard InChI is InChI=1S/C16H19NO5/c1-20-16(19)11-4-5-14-12(7-11)8-17(15(18)10-22-14)9-13-3-2-6-21-13/h4-5,7,13H,2-3,6,8-10H2,1H3/t13-/m1/s1. The van der Waals surface area contributed by atoms with Gasteiger partial charge >= 0.3 is 5.97 Å². The maximum atomic E-state index is 12.2. The molecule has 22 heavy (non-hydrogen) atoms. The number of carbonyl (C=O) groups is 2. The number of esters is 1. The Kier molecular flexibility index (Phi) is 4.29. The summed E-state index contributed by atoms with van der Waals surface area (Å²) in [5.74, 6) is 0.172. The summed E-state index contributed by atoms with van der Waals surface area (Å²) in [5.41, 5.74) is 1.27. The third-order valence-electron chi connectivity index (χ3n) is 3.99. The summed E-state index contributed by atoms with van der Waals surface area (Å²) in [6.45, 7) is 1.74. The molecular formula is C16H19NO5. The highest BCUT2D eigenvalue weighted by atomic mass is 16.5. The van der Waals surface area contributed by atoms with Crippen LogP contribution in [0.5, 0.6) is 5.75 Å². The lowest BCUT2D eigenvalue weighted by Crippen LogP contribution is -2.38. The molecule has 1 amide bonds. The van der Waals surface area contributed by atoms with Crippen molar-refractivity contribution < 1.29 is 23.8 Å². The number of ether oxygens (including phenoxy) is 3. The minimum absolute atomic E-state index is 0.0112. The molecule has 0 aromatic heterocycles. The molecule has 0 radical (unpaired) electrons. The van der Waals surface area contributed by atoms with Crippen LogP contribution >= 0.6 is 0 Å². The second-order valence-electron chi connectivity index (χ2n) is 5.51. The van der Waals surface area contributed by atoms with Gasteiger partial charge in [0.25, 0.3) is 5.91 Å². The van der Waals surface area contributed by atoms with Crippen molar-refractivity contribution in [2.45, 2.75) is 25.5 Å². The summed E-state index contributed by atoms with van der Waals surface area (Å²) < 4.78 is 15.9. The van der Waals surface area contributed by atoms with Crippen molar-refractivity contribution in [3.8, 4) is 5.75 Å². The zero-order valence-corrected chi connectivity index (χ0v) is 12.5. The first kappa shape index (κ1) is 14.8. The van der Waals surface area contributed by atoms with Gasteiger partial charge in [-0.25, -0.2) is 4.79 Å². The van der Waals surface area contributed by atoms with Gasteiger partial charge in [-0.3, -0.25) is 4.79 Å². The highest BCUT2D eigenvalue weighted by Crippen LogP contribution is 2.26. The molecule has 1 aromatic rings. The molecule has 6 nitrogen and oxygen atoms in total. The Morgan fingerprint density at radius 1 is 1.45 bits per heavy atom. The van der Waals surface area contributed by atoms with Gasteiger partial charge in [0.05, 0.1) is 18.8 Å². The van der Waals surface area contributed by atoms with Crippen LogP contribution in [0.1, 0.15) is 28.8 Å². The summed E-state index contributed by atoms with van der Waals surface area (Å²) >= 11 is 0. The van der Waals surface area contributed by atoms with E-state index in [0.717, 1.165) is 25.0 Å². The van der Waals surface area contributed by atoms with E-state index in [9.17, 15) is 9.59 Å². The number of carbonyl (C=O) groups excluding carboxylic acids is 2. The van der Waals surface area contributed by atoms with Gasteiger partial charge in [-0.2, -0.15) is 0 Å². The zero-order chi connectivity index (χ0) is 15.5. The lowest BCUT2D eigenvalue weighted by atomic mass is 10.1. The zero-order valence-electron chi connectivity index (χ0n) is 12.5. The van der Waals surface area contributed by atoms with Gasteiger partial charge in [-0.15, -0.1) is 0 Å². The second-order valence-corrected chi connectivity index (χ2v) is 5.51. The van der Waals surface area contributed by atoms with Crippen LogP contribution in [0.4, 0.5) is 0 Å². The maximum Gasteiger partial charge on any atom is 0.337 e. The van der Waals surface area contributed by atoms with Gasteiger partial charge in [0.1, 0.15) is 5.75 Å². The molecule has 1 saturated heterocycles. The van der Waals surface area contributed by atoms with Crippen molar-refractivity contribution >= 4 is 11.9 Å². The minimum atomic E-state index is -0.399. The summed E-state index contributed by atoms with van der Waals surface area (Å²) in [4.78, 5) is 25.6. The van der Waals surface area contributed by atoms with E-state index < -0.39 is 5.97 Å². The number of methoxy groups -OCH3 is 1. The van der Waals surface area contributed by atoms with E-state index >= 15 is 0 Å². The van der Waals surface area contributed by atoms with Gasteiger partial charge in [0.15, 0.2) is 6.61 Å². The van der Waals surface area contributed by atoms with Gasteiger partial charge in [0.2, 0.25) is 0 Å². The molecular weight excluding hydrogens is 286 g/mol. The number of amides is 1. The Balaban J connectivity index is 1.80. The van der Waals surface area contributed by atoms with E-state index in [0.29, 0.717) is 24.4 Å². The fourth-order valence-electron chi connectivity index (χ4n) is 2.81. The predicted octanol–water partition coefficient (Wildman–Crippen LogP) is 1.37. The molecule has 2 aliphatic rings. The summed E-state index contributed by atoms with van der Waals surface area (Å²) in [6.07, 6.45) is 2.10. The molecule has 0 aliphatic carbocycles. The van der Waals surface area contributed by atoms with E-state index in [4.69, 9.17) is 14.2 Å². The molecule has 0 bridgehead atoms. The normalized spacial score (nSPS) is 21.0. The molecule has 0 saturated carbocycles. The van der Waals surface area contributed by atoms with Crippen LogP contribution in [-0.2, 0) is 20.8 Å². The number of benzene rings is 1. The lowest BCUT2D eigenvalue weighted by Gasteiger charge is -2.23. The molecule has 1 fully saturated rings. The van der Waals surface area contributed by atoms with Crippen LogP contribution in [0, 0.1) is 0 Å². The van der Waals surface area contributed by atoms with E-state index in [1.165, 1.54) is 7.11 Å². The average Bonchev–Trinajstić information content (AvgIpc) is 2.99. The molecule has 2 heterocycles. The van der Waals surface area contributed by atoms with E-state index in [-0.39, 0.29) is 18.6 Å². The molecule has 6 heteroatoms. The highest BCUT2D eigenvalue weighted by Gasteiger charge is 2.26. The third-order valence-corrected chi connectivity index (χ3v) is 3.99. The van der Waals surface area contributed by atoms with Crippen LogP contribution < -0.4 is 4.74 Å². The Hall–Kier alpha value is -2.08. The quantitative estimate of drug-likeness (QED) is 0.789. The topological polar surface area (TPSA) is 65.1 Å². The van der Waals surface area contributed by atoms with Crippen molar-refractivity contribution in [3.05, 3.63) is 29.3 Å². The molecule has 118 valence electrons. The Labute approximate surface area is 128 Å². The van der Waals surface area contributed by atoms with E-state index in [1.54, 1.807) is 23.1 Å². The first-order valence-corrected chi connectivity index (χ1v) is 7.41. The van der Waals surface area contributed by atoms with Crippen molar-refractivity contribution in [2.75, 3.05) is 26.9 Å². The number of fused-ring (bicyclic) bond motifs is 1. The molecule has 0 unspecified atom stereocenters. The van der Waals surface area contributed by atoms with E-state index in [2.05, 4.69) is 0 Å². The number of nitrogens with zero attached hydrogens (tertiary/aromatic N) is 1. The highest BCUT2D eigenvalue weighted by molar-refractivity contribution is 5.90. The van der Waals surface area contributed by atoms with E-state index in [1.807, 2.05) is 0 Å². The fourth-order valence-corrected chi connectivity index (χ4v) is 2.81. The first-order valence-electron chi connectivity index (χ1n) is 7.41. The fraction of sp³-hybridized carbons (Fsp3) is 0.500. The molecule has 3 rings (SSSR count). The Bertz CT molecular complexity index is 580. The first-order chi connectivity index (χ1) is 10.7. The summed E-state index contributed by atoms with van der Waals surface area (Å²) in [7, 11) is 1.35. The smallest absolute Gasteiger partial charge is 0.337 e. The third kappa shape index (κ3) is 3.06. The molecule has 0 spiro atoms. The SMILES string of the molecule is COC(=O)c1ccc2c(c1)CN(C[C@H]1CCCO1)C(=O)CO2. The van der Waals surface area contributed by atoms with Crippen LogP contribution in [0.2, 0.25) is 0 Å². The van der Waals surface area contributed by atoms with Crippen molar-refractivity contribution in [2.24, 2.45) is 0 Å². The van der Waals surface area contributed by atoms with Crippen molar-refractivity contribution in [1.82, 2.24) is 4.90 Å². The van der Waals surface area contributed by atoms with Crippen molar-refractivity contribution in [3.63, 3.8) is 0 Å². The molecule has 2 aliphatic heterocycles. The second kappa shape index (κ2) is 6.36. The molecule has 1 atom stereocenters. The van der Waals surface area contributed by atoms with Crippen LogP contribution in [0.25, 0.3) is 0 Å². The Morgan fingerprint density at radius 3 is 3.05 bits per heavy atom. The monoisotopic (exact) mass is 305 g/mol. The molecule has 0 N–H and O–H groups in total. The Morgan fingerprint density at radius 2 is 2.32 bits per heavy atom. The summed E-state index contributed by atoms with van der Waals surface area (Å²) in [5, 5.41) is 0. The van der Waals surface area contributed by atoms with Gasteiger partial charge in [0, 0.05) is 25.3 Å². The van der Waals surface area contributed by atoms with Gasteiger partial charge in [-0.1, -0.05) is 0 Å². The lowest BCUT2D eigenvalue weighted by molar-refractivity contribution is -0.134. The predicted molar refractivity (Wildman–Crippen MR) is 77.7 cm³/mol. The largest absolute Gasteiger partial charge is 0.483 e. The van der Waals surface area contributed by atoms with Crippen molar-refractivity contribution in [1.29, 1.82) is 0 Å². The van der Waals surface area contributed by atoms with Gasteiger partial charge < -0.3 is 19.1 Å². The van der Waals surface area contributed by atoms with Crippen LogP contribution in [0.15, 0.2) is 18.2 Å². The number of hydrogen-bond donors (Lipinski definition) is 0. The summed E-state index contributed by atoms with van der Waals surface area (Å²) in [6, 6.07) is 5.08. The minimum Gasteiger partial charge on any atom is -0.483 e. The molecule has 1 aromatic carbocycles. The number of rotatable bonds is 3. The van der Waals surface area contributed by atoms with Gasteiger partial charge in [-0.05, 0) is 31.0 Å². The van der Waals surface area contributed by atoms with Crippen LogP contribution in [-0.4, -0.2) is 49.7 Å². The maximum absolute atomic E-state index is 12.2. The average molecular weight is 305 g/mol. The number of hydrogen-bond acceptors (Lipinski definition) is 5. The van der Waals surface area contributed by atoms with Crippen LogP contribution in [0.3, 0.4) is 0 Å².